The first-order chi connectivity index (χ1) is 26.9. The van der Waals surface area contributed by atoms with Crippen molar-refractivity contribution in [3.63, 3.8) is 0 Å². The monoisotopic (exact) mass is 750 g/mol. The SMILES string of the molecule is CCCCCCCCOc1ccc(-c2ccc(C(=O)O[C@@H](C)COC[C@H](C)OC(=O)c3ccc(-c4ccc(OCCCCCCCC)cc4)cc3)cc2)cc1. The maximum absolute atomic E-state index is 12.8. The number of esters is 2. The first kappa shape index (κ1) is 43.1. The van der Waals surface area contributed by atoms with Gasteiger partial charge in [-0.1, -0.05) is 127 Å². The van der Waals surface area contributed by atoms with Gasteiger partial charge in [-0.25, -0.2) is 9.59 Å². The maximum atomic E-state index is 12.8. The van der Waals surface area contributed by atoms with Crippen LogP contribution in [0, 0.1) is 0 Å². The zero-order chi connectivity index (χ0) is 39.1. The fourth-order valence-corrected chi connectivity index (χ4v) is 6.20. The Morgan fingerprint density at radius 1 is 0.436 bits per heavy atom. The average molecular weight is 751 g/mol. The molecule has 0 saturated carbocycles. The Labute approximate surface area is 329 Å². The van der Waals surface area contributed by atoms with Crippen molar-refractivity contribution >= 4 is 11.9 Å². The van der Waals surface area contributed by atoms with E-state index in [1.165, 1.54) is 64.2 Å². The predicted octanol–water partition coefficient (Wildman–Crippen LogP) is 12.3. The van der Waals surface area contributed by atoms with Gasteiger partial charge in [-0.05, 0) is 97.5 Å². The molecule has 0 aliphatic heterocycles. The van der Waals surface area contributed by atoms with Crippen LogP contribution in [-0.4, -0.2) is 50.6 Å². The number of hydrogen-bond donors (Lipinski definition) is 0. The van der Waals surface area contributed by atoms with Crippen LogP contribution in [0.25, 0.3) is 22.3 Å². The molecule has 0 spiro atoms. The highest BCUT2D eigenvalue weighted by molar-refractivity contribution is 5.90. The summed E-state index contributed by atoms with van der Waals surface area (Å²) in [6.45, 7) is 9.84. The summed E-state index contributed by atoms with van der Waals surface area (Å²) in [6.07, 6.45) is 13.9. The second-order valence-electron chi connectivity index (χ2n) is 14.4. The second-order valence-corrected chi connectivity index (χ2v) is 14.4. The first-order valence-electron chi connectivity index (χ1n) is 20.5. The molecule has 7 heteroatoms. The van der Waals surface area contributed by atoms with E-state index in [9.17, 15) is 9.59 Å². The molecular weight excluding hydrogens is 689 g/mol. The molecule has 0 amide bonds. The van der Waals surface area contributed by atoms with Gasteiger partial charge in [0.2, 0.25) is 0 Å². The fourth-order valence-electron chi connectivity index (χ4n) is 6.20. The lowest BCUT2D eigenvalue weighted by molar-refractivity contribution is -0.0262. The number of rotatable bonds is 26. The molecule has 4 aromatic rings. The van der Waals surface area contributed by atoms with Crippen LogP contribution in [0.5, 0.6) is 11.5 Å². The summed E-state index contributed by atoms with van der Waals surface area (Å²) in [7, 11) is 0. The lowest BCUT2D eigenvalue weighted by atomic mass is 10.0. The standard InChI is InChI=1S/C48H62O7/c1-5-7-9-11-13-15-33-52-45-29-25-41(26-30-45)39-17-21-43(22-18-39)47(49)54-37(3)35-51-36-38(4)55-48(50)44-23-19-40(20-24-44)42-27-31-46(32-28-42)53-34-16-14-12-10-8-6-2/h17-32,37-38H,5-16,33-36H2,1-4H3/t37-,38-/m0/s1. The van der Waals surface area contributed by atoms with Crippen LogP contribution < -0.4 is 9.47 Å². The highest BCUT2D eigenvalue weighted by Gasteiger charge is 2.16. The third kappa shape index (κ3) is 15.9. The van der Waals surface area contributed by atoms with E-state index in [1.54, 1.807) is 38.1 Å². The van der Waals surface area contributed by atoms with Gasteiger partial charge in [0, 0.05) is 0 Å². The lowest BCUT2D eigenvalue weighted by Gasteiger charge is -2.17. The van der Waals surface area contributed by atoms with Gasteiger partial charge < -0.3 is 23.7 Å². The summed E-state index contributed by atoms with van der Waals surface area (Å²) >= 11 is 0. The van der Waals surface area contributed by atoms with Gasteiger partial charge in [0.05, 0.1) is 37.6 Å². The van der Waals surface area contributed by atoms with Gasteiger partial charge in [-0.3, -0.25) is 0 Å². The Balaban J connectivity index is 1.11. The first-order valence-corrected chi connectivity index (χ1v) is 20.5. The summed E-state index contributed by atoms with van der Waals surface area (Å²) in [6, 6.07) is 30.8. The van der Waals surface area contributed by atoms with Crippen LogP contribution in [0.4, 0.5) is 0 Å². The number of carbonyl (C=O) groups is 2. The van der Waals surface area contributed by atoms with Gasteiger partial charge in [-0.15, -0.1) is 0 Å². The van der Waals surface area contributed by atoms with Gasteiger partial charge in [-0.2, -0.15) is 0 Å². The van der Waals surface area contributed by atoms with E-state index in [2.05, 4.69) is 13.8 Å². The minimum absolute atomic E-state index is 0.177. The van der Waals surface area contributed by atoms with Crippen LogP contribution in [0.1, 0.15) is 125 Å². The van der Waals surface area contributed by atoms with Crippen LogP contribution >= 0.6 is 0 Å². The van der Waals surface area contributed by atoms with E-state index >= 15 is 0 Å². The Bertz CT molecular complexity index is 1520. The van der Waals surface area contributed by atoms with Gasteiger partial charge in [0.1, 0.15) is 23.7 Å². The smallest absolute Gasteiger partial charge is 0.338 e. The third-order valence-electron chi connectivity index (χ3n) is 9.47. The van der Waals surface area contributed by atoms with Crippen LogP contribution in [-0.2, 0) is 14.2 Å². The summed E-state index contributed by atoms with van der Waals surface area (Å²) in [4.78, 5) is 25.6. The molecule has 0 unspecified atom stereocenters. The molecular formula is C48H62O7. The zero-order valence-electron chi connectivity index (χ0n) is 33.6. The van der Waals surface area contributed by atoms with E-state index in [0.717, 1.165) is 59.8 Å². The van der Waals surface area contributed by atoms with Crippen LogP contribution in [0.2, 0.25) is 0 Å². The summed E-state index contributed by atoms with van der Waals surface area (Å²) < 4.78 is 28.7. The number of ether oxygens (including phenoxy) is 5. The molecule has 2 atom stereocenters. The minimum Gasteiger partial charge on any atom is -0.494 e. The van der Waals surface area contributed by atoms with Crippen molar-refractivity contribution in [3.8, 4) is 33.8 Å². The molecule has 0 aromatic heterocycles. The molecule has 7 nitrogen and oxygen atoms in total. The van der Waals surface area contributed by atoms with Crippen LogP contribution in [0.3, 0.4) is 0 Å². The van der Waals surface area contributed by atoms with Crippen molar-refractivity contribution in [3.05, 3.63) is 108 Å². The molecule has 55 heavy (non-hydrogen) atoms. The molecule has 4 rings (SSSR count). The Morgan fingerprint density at radius 2 is 0.745 bits per heavy atom. The summed E-state index contributed by atoms with van der Waals surface area (Å²) in [5.41, 5.74) is 5.03. The molecule has 4 aromatic carbocycles. The average Bonchev–Trinajstić information content (AvgIpc) is 3.20. The van der Waals surface area contributed by atoms with E-state index < -0.39 is 24.1 Å². The molecule has 0 heterocycles. The van der Waals surface area contributed by atoms with E-state index in [4.69, 9.17) is 23.7 Å². The molecule has 0 bridgehead atoms. The van der Waals surface area contributed by atoms with Gasteiger partial charge >= 0.3 is 11.9 Å². The minimum atomic E-state index is -0.479. The van der Waals surface area contributed by atoms with E-state index in [-0.39, 0.29) is 13.2 Å². The Hall–Kier alpha value is -4.62. The fraction of sp³-hybridized carbons (Fsp3) is 0.458. The highest BCUT2D eigenvalue weighted by Crippen LogP contribution is 2.25. The van der Waals surface area contributed by atoms with Crippen molar-refractivity contribution in [1.29, 1.82) is 0 Å². The normalized spacial score (nSPS) is 12.1. The van der Waals surface area contributed by atoms with Crippen LogP contribution in [0.15, 0.2) is 97.1 Å². The van der Waals surface area contributed by atoms with Crippen molar-refractivity contribution in [2.24, 2.45) is 0 Å². The number of carbonyl (C=O) groups excluding carboxylic acids is 2. The van der Waals surface area contributed by atoms with Gasteiger partial charge in [0.15, 0.2) is 0 Å². The number of hydrogen-bond acceptors (Lipinski definition) is 7. The van der Waals surface area contributed by atoms with Crippen molar-refractivity contribution in [2.75, 3.05) is 26.4 Å². The maximum Gasteiger partial charge on any atom is 0.338 e. The predicted molar refractivity (Wildman–Crippen MR) is 222 cm³/mol. The molecule has 0 aliphatic carbocycles. The molecule has 296 valence electrons. The lowest BCUT2D eigenvalue weighted by Crippen LogP contribution is -2.25. The summed E-state index contributed by atoms with van der Waals surface area (Å²) in [5, 5.41) is 0. The topological polar surface area (TPSA) is 80.3 Å². The highest BCUT2D eigenvalue weighted by atomic mass is 16.6. The number of unbranched alkanes of at least 4 members (excludes halogenated alkanes) is 10. The molecule has 0 saturated heterocycles. The Morgan fingerprint density at radius 3 is 1.09 bits per heavy atom. The van der Waals surface area contributed by atoms with Crippen molar-refractivity contribution < 1.29 is 33.3 Å². The van der Waals surface area contributed by atoms with Gasteiger partial charge in [0.25, 0.3) is 0 Å². The second kappa shape index (κ2) is 24.7. The van der Waals surface area contributed by atoms with E-state index in [0.29, 0.717) is 11.1 Å². The van der Waals surface area contributed by atoms with Crippen molar-refractivity contribution in [1.82, 2.24) is 0 Å². The van der Waals surface area contributed by atoms with Crippen molar-refractivity contribution in [2.45, 2.75) is 117 Å². The molecule has 0 aliphatic rings. The third-order valence-corrected chi connectivity index (χ3v) is 9.47. The largest absolute Gasteiger partial charge is 0.494 e. The quantitative estimate of drug-likeness (QED) is 0.0467. The summed E-state index contributed by atoms with van der Waals surface area (Å²) in [5.74, 6) is 0.899. The zero-order valence-corrected chi connectivity index (χ0v) is 33.6. The van der Waals surface area contributed by atoms with E-state index in [1.807, 2.05) is 72.8 Å². The molecule has 0 radical (unpaired) electrons. The Kier molecular flexibility index (Phi) is 19.4. The number of benzene rings is 4. The molecule has 0 fully saturated rings. The molecule has 0 N–H and O–H groups in total.